The van der Waals surface area contributed by atoms with E-state index in [1.54, 1.807) is 4.68 Å². The van der Waals surface area contributed by atoms with Crippen LogP contribution in [0.2, 0.25) is 0 Å². The van der Waals surface area contributed by atoms with Crippen molar-refractivity contribution in [3.63, 3.8) is 0 Å². The van der Waals surface area contributed by atoms with Gasteiger partial charge >= 0.3 is 0 Å². The van der Waals surface area contributed by atoms with Crippen molar-refractivity contribution < 1.29 is 9.53 Å². The Hall–Kier alpha value is -2.26. The Balaban J connectivity index is 1.37. The molecule has 4 heterocycles. The lowest BCUT2D eigenvalue weighted by Crippen LogP contribution is -2.41. The van der Waals surface area contributed by atoms with E-state index in [0.717, 1.165) is 30.2 Å². The van der Waals surface area contributed by atoms with Gasteiger partial charge in [-0.15, -0.1) is 5.10 Å². The molecule has 0 bridgehead atoms. The summed E-state index contributed by atoms with van der Waals surface area (Å²) in [7, 11) is 3.77. The molecule has 4 rings (SSSR count). The van der Waals surface area contributed by atoms with Crippen LogP contribution in [-0.4, -0.2) is 79.9 Å². The third kappa shape index (κ3) is 4.25. The predicted octanol–water partition coefficient (Wildman–Crippen LogP) is 0.330. The van der Waals surface area contributed by atoms with Crippen LogP contribution in [0.25, 0.3) is 0 Å². The molecule has 0 aliphatic carbocycles. The molecule has 9 heteroatoms. The maximum Gasteiger partial charge on any atom is 0.229 e. The summed E-state index contributed by atoms with van der Waals surface area (Å²) in [6.45, 7) is 5.76. The number of ether oxygens (including phenoxy) is 1. The summed E-state index contributed by atoms with van der Waals surface area (Å²) in [4.78, 5) is 17.1. The van der Waals surface area contributed by atoms with Crippen LogP contribution in [0.5, 0.6) is 0 Å². The number of carbonyl (C=O) groups excluding carboxylic acids is 1. The van der Waals surface area contributed by atoms with Crippen LogP contribution >= 0.6 is 0 Å². The Labute approximate surface area is 165 Å². The van der Waals surface area contributed by atoms with Crippen LogP contribution in [0, 0.1) is 0 Å². The number of hydrogen-bond donors (Lipinski definition) is 0. The molecule has 1 amide bonds. The Kier molecular flexibility index (Phi) is 5.72. The fourth-order valence-electron chi connectivity index (χ4n) is 4.19. The standard InChI is InChI=1S/C19H29N7O2/c1-23-8-5-16(21-23)11-18(27)26-12-15(19-17(13-26)20-22-24(19)2)14-28-10-9-25-6-3-4-7-25/h5,8,15H,3-4,6-7,9-14H2,1-2H3/t15-/m0/s1. The third-order valence-corrected chi connectivity index (χ3v) is 5.64. The van der Waals surface area contributed by atoms with Gasteiger partial charge in [0.25, 0.3) is 0 Å². The summed E-state index contributed by atoms with van der Waals surface area (Å²) in [5.74, 6) is 0.159. The van der Waals surface area contributed by atoms with Gasteiger partial charge < -0.3 is 14.5 Å². The molecule has 0 N–H and O–H groups in total. The van der Waals surface area contributed by atoms with Gasteiger partial charge in [0.1, 0.15) is 5.69 Å². The molecule has 0 spiro atoms. The van der Waals surface area contributed by atoms with E-state index in [1.807, 2.05) is 35.9 Å². The molecular formula is C19H29N7O2. The molecule has 9 nitrogen and oxygen atoms in total. The van der Waals surface area contributed by atoms with Crippen LogP contribution < -0.4 is 0 Å². The molecule has 2 aliphatic heterocycles. The zero-order chi connectivity index (χ0) is 19.5. The van der Waals surface area contributed by atoms with Gasteiger partial charge in [0.2, 0.25) is 5.91 Å². The van der Waals surface area contributed by atoms with E-state index in [2.05, 4.69) is 20.3 Å². The minimum Gasteiger partial charge on any atom is -0.379 e. The van der Waals surface area contributed by atoms with E-state index in [-0.39, 0.29) is 11.8 Å². The summed E-state index contributed by atoms with van der Waals surface area (Å²) in [6, 6.07) is 1.88. The lowest BCUT2D eigenvalue weighted by molar-refractivity contribution is -0.132. The summed E-state index contributed by atoms with van der Waals surface area (Å²) >= 11 is 0. The molecule has 0 aromatic carbocycles. The lowest BCUT2D eigenvalue weighted by Gasteiger charge is -2.32. The van der Waals surface area contributed by atoms with E-state index < -0.39 is 0 Å². The van der Waals surface area contributed by atoms with Crippen molar-refractivity contribution in [2.24, 2.45) is 14.1 Å². The second kappa shape index (κ2) is 8.40. The van der Waals surface area contributed by atoms with Gasteiger partial charge in [-0.1, -0.05) is 5.21 Å². The van der Waals surface area contributed by atoms with Gasteiger partial charge in [-0.05, 0) is 32.0 Å². The molecule has 0 unspecified atom stereocenters. The lowest BCUT2D eigenvalue weighted by atomic mass is 9.98. The molecule has 2 aromatic heterocycles. The summed E-state index contributed by atoms with van der Waals surface area (Å²) in [5, 5.41) is 12.8. The van der Waals surface area contributed by atoms with E-state index >= 15 is 0 Å². The minimum atomic E-state index is 0.0667. The molecule has 1 fully saturated rings. The van der Waals surface area contributed by atoms with E-state index in [1.165, 1.54) is 25.9 Å². The van der Waals surface area contributed by atoms with Crippen LogP contribution in [0.4, 0.5) is 0 Å². The fourth-order valence-corrected chi connectivity index (χ4v) is 4.19. The molecule has 1 atom stereocenters. The number of carbonyl (C=O) groups is 1. The smallest absolute Gasteiger partial charge is 0.229 e. The Morgan fingerprint density at radius 3 is 2.86 bits per heavy atom. The van der Waals surface area contributed by atoms with Crippen molar-refractivity contribution in [3.8, 4) is 0 Å². The van der Waals surface area contributed by atoms with Crippen LogP contribution in [0.1, 0.15) is 35.8 Å². The molecular weight excluding hydrogens is 358 g/mol. The zero-order valence-corrected chi connectivity index (χ0v) is 16.8. The predicted molar refractivity (Wildman–Crippen MR) is 103 cm³/mol. The first-order valence-corrected chi connectivity index (χ1v) is 10.0. The first-order chi connectivity index (χ1) is 13.6. The maximum atomic E-state index is 12.8. The number of amides is 1. The molecule has 1 saturated heterocycles. The van der Waals surface area contributed by atoms with Gasteiger partial charge in [-0.25, -0.2) is 0 Å². The quantitative estimate of drug-likeness (QED) is 0.637. The van der Waals surface area contributed by atoms with Gasteiger partial charge in [-0.2, -0.15) is 5.10 Å². The maximum absolute atomic E-state index is 12.8. The third-order valence-electron chi connectivity index (χ3n) is 5.64. The average molecular weight is 387 g/mol. The van der Waals surface area contributed by atoms with E-state index in [9.17, 15) is 4.79 Å². The minimum absolute atomic E-state index is 0.0667. The first-order valence-electron chi connectivity index (χ1n) is 10.0. The molecule has 0 saturated carbocycles. The topological polar surface area (TPSA) is 81.3 Å². The highest BCUT2D eigenvalue weighted by Crippen LogP contribution is 2.27. The SMILES string of the molecule is Cn1ccc(CC(=O)N2Cc3nnn(C)c3[C@H](COCCN3CCCC3)C2)n1. The van der Waals surface area contributed by atoms with Crippen LogP contribution in [0.3, 0.4) is 0 Å². The highest BCUT2D eigenvalue weighted by molar-refractivity contribution is 5.78. The highest BCUT2D eigenvalue weighted by atomic mass is 16.5. The second-order valence-electron chi connectivity index (χ2n) is 7.80. The number of aromatic nitrogens is 5. The van der Waals surface area contributed by atoms with Crippen LogP contribution in [-0.2, 0) is 36.6 Å². The largest absolute Gasteiger partial charge is 0.379 e. The second-order valence-corrected chi connectivity index (χ2v) is 7.80. The van der Waals surface area contributed by atoms with Gasteiger partial charge in [0.05, 0.1) is 37.6 Å². The van der Waals surface area contributed by atoms with E-state index in [4.69, 9.17) is 4.74 Å². The van der Waals surface area contributed by atoms with Crippen molar-refractivity contribution in [3.05, 3.63) is 29.3 Å². The molecule has 152 valence electrons. The van der Waals surface area contributed by atoms with Crippen LogP contribution in [0.15, 0.2) is 12.3 Å². The average Bonchev–Trinajstić information content (AvgIpc) is 3.41. The number of likely N-dealkylation sites (tertiary alicyclic amines) is 1. The highest BCUT2D eigenvalue weighted by Gasteiger charge is 2.32. The number of rotatable bonds is 7. The van der Waals surface area contributed by atoms with Crippen molar-refractivity contribution in [1.82, 2.24) is 34.6 Å². The normalized spacial score (nSPS) is 19.9. The first kappa shape index (κ1) is 19.1. The number of fused-ring (bicyclic) bond motifs is 1. The number of aryl methyl sites for hydroxylation is 2. The fraction of sp³-hybridized carbons (Fsp3) is 0.684. The summed E-state index contributed by atoms with van der Waals surface area (Å²) < 4.78 is 9.54. The van der Waals surface area contributed by atoms with E-state index in [0.29, 0.717) is 26.1 Å². The monoisotopic (exact) mass is 387 g/mol. The van der Waals surface area contributed by atoms with Crippen molar-refractivity contribution >= 4 is 5.91 Å². The summed E-state index contributed by atoms with van der Waals surface area (Å²) in [6.07, 6.45) is 4.75. The van der Waals surface area contributed by atoms with Crippen molar-refractivity contribution in [2.75, 3.05) is 39.4 Å². The molecule has 2 aliphatic rings. The summed E-state index contributed by atoms with van der Waals surface area (Å²) in [5.41, 5.74) is 2.75. The molecule has 28 heavy (non-hydrogen) atoms. The number of nitrogens with zero attached hydrogens (tertiary/aromatic N) is 7. The Morgan fingerprint density at radius 2 is 2.11 bits per heavy atom. The molecule has 2 aromatic rings. The van der Waals surface area contributed by atoms with Crippen molar-refractivity contribution in [2.45, 2.75) is 31.7 Å². The van der Waals surface area contributed by atoms with Gasteiger partial charge in [0, 0.05) is 39.3 Å². The Morgan fingerprint density at radius 1 is 1.29 bits per heavy atom. The van der Waals surface area contributed by atoms with Gasteiger partial charge in [0.15, 0.2) is 0 Å². The Bertz CT molecular complexity index is 809. The zero-order valence-electron chi connectivity index (χ0n) is 16.8. The number of hydrogen-bond acceptors (Lipinski definition) is 6. The molecule has 0 radical (unpaired) electrons. The van der Waals surface area contributed by atoms with Crippen molar-refractivity contribution in [1.29, 1.82) is 0 Å². The van der Waals surface area contributed by atoms with Gasteiger partial charge in [-0.3, -0.25) is 14.2 Å².